The Balaban J connectivity index is 4.07. The van der Waals surface area contributed by atoms with Crippen LogP contribution in [0, 0.1) is 0 Å². The number of carbonyl (C=O) groups is 2. The molecule has 0 aromatic heterocycles. The van der Waals surface area contributed by atoms with Crippen LogP contribution in [0.4, 0.5) is 0 Å². The molecule has 314 valence electrons. The van der Waals surface area contributed by atoms with Crippen molar-refractivity contribution in [3.63, 3.8) is 0 Å². The van der Waals surface area contributed by atoms with Gasteiger partial charge in [-0.2, -0.15) is 0 Å². The Morgan fingerprint density at radius 1 is 0.547 bits per heavy atom. The summed E-state index contributed by atoms with van der Waals surface area (Å²) in [6.45, 7) is 3.74. The van der Waals surface area contributed by atoms with E-state index in [9.17, 15) is 19.0 Å². The largest absolute Gasteiger partial charge is 0.472 e. The number of rotatable bonds is 42. The fraction of sp³-hybridized carbons (Fsp3) is 0.907. The van der Waals surface area contributed by atoms with Gasteiger partial charge >= 0.3 is 19.8 Å². The molecular weight excluding hydrogens is 689 g/mol. The molecule has 53 heavy (non-hydrogen) atoms. The summed E-state index contributed by atoms with van der Waals surface area (Å²) in [5.41, 5.74) is 5.34. The van der Waals surface area contributed by atoms with Gasteiger partial charge in [0.05, 0.1) is 13.2 Å². The van der Waals surface area contributed by atoms with Crippen LogP contribution in [0.25, 0.3) is 0 Å². The normalized spacial score (nSPS) is 13.4. The van der Waals surface area contributed by atoms with Crippen LogP contribution < -0.4 is 5.73 Å². The first-order valence-electron chi connectivity index (χ1n) is 22.2. The number of phosphoric ester groups is 1. The van der Waals surface area contributed by atoms with E-state index in [0.717, 1.165) is 51.4 Å². The van der Waals surface area contributed by atoms with Crippen LogP contribution in [0.2, 0.25) is 0 Å². The van der Waals surface area contributed by atoms with Gasteiger partial charge in [-0.3, -0.25) is 18.6 Å². The number of carbonyl (C=O) groups excluding carboxylic acids is 2. The number of hydrogen-bond acceptors (Lipinski definition) is 8. The van der Waals surface area contributed by atoms with Gasteiger partial charge < -0.3 is 20.1 Å². The monoisotopic (exact) mass is 774 g/mol. The van der Waals surface area contributed by atoms with E-state index in [1.165, 1.54) is 135 Å². The van der Waals surface area contributed by atoms with Gasteiger partial charge in [-0.05, 0) is 38.5 Å². The first kappa shape index (κ1) is 51.8. The summed E-state index contributed by atoms with van der Waals surface area (Å²) in [4.78, 5) is 34.8. The number of unbranched alkanes of at least 4 members (excludes halogenated alkanes) is 27. The van der Waals surface area contributed by atoms with Crippen molar-refractivity contribution in [2.24, 2.45) is 5.73 Å². The summed E-state index contributed by atoms with van der Waals surface area (Å²) in [5.74, 6) is -0.828. The smallest absolute Gasteiger partial charge is 0.462 e. The Labute approximate surface area is 326 Å². The highest BCUT2D eigenvalue weighted by atomic mass is 31.2. The molecule has 0 bridgehead atoms. The molecule has 10 heteroatoms. The molecule has 0 aliphatic carbocycles. The molecule has 0 spiro atoms. The van der Waals surface area contributed by atoms with Gasteiger partial charge in [0.15, 0.2) is 6.10 Å². The number of hydrogen-bond donors (Lipinski definition) is 2. The summed E-state index contributed by atoms with van der Waals surface area (Å²) >= 11 is 0. The van der Waals surface area contributed by atoms with E-state index in [2.05, 4.69) is 26.0 Å². The van der Waals surface area contributed by atoms with E-state index in [0.29, 0.717) is 6.42 Å². The molecule has 3 N–H and O–H groups in total. The Bertz CT molecular complexity index is 886. The van der Waals surface area contributed by atoms with Crippen molar-refractivity contribution in [3.8, 4) is 0 Å². The van der Waals surface area contributed by atoms with E-state index in [-0.39, 0.29) is 38.6 Å². The van der Waals surface area contributed by atoms with Crippen LogP contribution in [-0.4, -0.2) is 49.3 Å². The van der Waals surface area contributed by atoms with Gasteiger partial charge in [0.25, 0.3) is 0 Å². The molecule has 0 heterocycles. The van der Waals surface area contributed by atoms with Gasteiger partial charge in [0.1, 0.15) is 6.61 Å². The van der Waals surface area contributed by atoms with E-state index >= 15 is 0 Å². The Kier molecular flexibility index (Phi) is 39.5. The zero-order valence-corrected chi connectivity index (χ0v) is 35.4. The highest BCUT2D eigenvalue weighted by Gasteiger charge is 2.26. The van der Waals surface area contributed by atoms with E-state index in [4.69, 9.17) is 24.3 Å². The zero-order valence-electron chi connectivity index (χ0n) is 34.5. The van der Waals surface area contributed by atoms with Crippen molar-refractivity contribution >= 4 is 19.8 Å². The quantitative estimate of drug-likeness (QED) is 0.0269. The fourth-order valence-corrected chi connectivity index (χ4v) is 7.10. The lowest BCUT2D eigenvalue weighted by Gasteiger charge is -2.19. The van der Waals surface area contributed by atoms with Crippen molar-refractivity contribution in [1.82, 2.24) is 0 Å². The molecule has 2 atom stereocenters. The molecule has 0 aromatic carbocycles. The molecule has 2 unspecified atom stereocenters. The second-order valence-corrected chi connectivity index (χ2v) is 16.4. The van der Waals surface area contributed by atoms with E-state index in [1.807, 2.05) is 0 Å². The third-order valence-electron chi connectivity index (χ3n) is 9.65. The standard InChI is InChI=1S/C43H84NO8P/c1-3-5-7-9-11-13-15-17-18-19-20-21-22-24-25-27-29-31-33-35-42(45)49-39-41(40-51-53(47,48)50-38-37-44)52-43(46)36-34-32-30-28-26-23-16-14-12-10-8-6-4-2/h14,16,41H,3-13,15,17-40,44H2,1-2H3,(H,47,48)/b16-14-. The second-order valence-electron chi connectivity index (χ2n) is 14.9. The summed E-state index contributed by atoms with van der Waals surface area (Å²) in [6.07, 6.45) is 41.0. The Morgan fingerprint density at radius 2 is 0.925 bits per heavy atom. The number of nitrogens with two attached hydrogens (primary N) is 1. The van der Waals surface area contributed by atoms with Crippen LogP contribution in [0.1, 0.15) is 219 Å². The maximum absolute atomic E-state index is 12.5. The lowest BCUT2D eigenvalue weighted by molar-refractivity contribution is -0.161. The number of esters is 2. The molecule has 0 amide bonds. The molecule has 0 saturated carbocycles. The summed E-state index contributed by atoms with van der Waals surface area (Å²) in [7, 11) is -4.37. The van der Waals surface area contributed by atoms with E-state index < -0.39 is 26.5 Å². The molecule has 0 aromatic rings. The van der Waals surface area contributed by atoms with Crippen molar-refractivity contribution in [3.05, 3.63) is 12.2 Å². The lowest BCUT2D eigenvalue weighted by Crippen LogP contribution is -2.29. The third kappa shape index (κ3) is 40.2. The SMILES string of the molecule is CCCCCC/C=C\CCCCCCCC(=O)OC(COC(=O)CCCCCCCCCCCCCCCCCCCCC)COP(=O)(O)OCCN. The van der Waals surface area contributed by atoms with Gasteiger partial charge in [-0.25, -0.2) is 4.57 Å². The molecule has 0 saturated heterocycles. The van der Waals surface area contributed by atoms with Gasteiger partial charge in [-0.15, -0.1) is 0 Å². The average molecular weight is 774 g/mol. The van der Waals surface area contributed by atoms with Gasteiger partial charge in [0.2, 0.25) is 0 Å². The van der Waals surface area contributed by atoms with Crippen LogP contribution >= 0.6 is 7.82 Å². The van der Waals surface area contributed by atoms with Crippen molar-refractivity contribution in [2.45, 2.75) is 225 Å². The highest BCUT2D eigenvalue weighted by Crippen LogP contribution is 2.43. The molecule has 0 radical (unpaired) electrons. The highest BCUT2D eigenvalue weighted by molar-refractivity contribution is 7.47. The van der Waals surface area contributed by atoms with Crippen molar-refractivity contribution < 1.29 is 37.6 Å². The summed E-state index contributed by atoms with van der Waals surface area (Å²) < 4.78 is 32.8. The molecule has 0 aliphatic heterocycles. The number of ether oxygens (including phenoxy) is 2. The maximum atomic E-state index is 12.5. The maximum Gasteiger partial charge on any atom is 0.472 e. The predicted octanol–water partition coefficient (Wildman–Crippen LogP) is 12.6. The molecule has 0 aliphatic rings. The van der Waals surface area contributed by atoms with Crippen LogP contribution in [0.5, 0.6) is 0 Å². The summed E-state index contributed by atoms with van der Waals surface area (Å²) in [6, 6.07) is 0. The molecular formula is C43H84NO8P. The van der Waals surface area contributed by atoms with Gasteiger partial charge in [0, 0.05) is 19.4 Å². The third-order valence-corrected chi connectivity index (χ3v) is 10.6. The Hall–Kier alpha value is -1.25. The minimum Gasteiger partial charge on any atom is -0.462 e. The molecule has 0 rings (SSSR count). The number of phosphoric acid groups is 1. The molecule has 0 fully saturated rings. The lowest BCUT2D eigenvalue weighted by atomic mass is 10.0. The predicted molar refractivity (Wildman–Crippen MR) is 220 cm³/mol. The second kappa shape index (κ2) is 40.4. The average Bonchev–Trinajstić information content (AvgIpc) is 3.14. The minimum absolute atomic E-state index is 0.0548. The zero-order chi connectivity index (χ0) is 38.9. The van der Waals surface area contributed by atoms with Crippen molar-refractivity contribution in [2.75, 3.05) is 26.4 Å². The first-order chi connectivity index (χ1) is 25.8. The van der Waals surface area contributed by atoms with Crippen LogP contribution in [0.3, 0.4) is 0 Å². The van der Waals surface area contributed by atoms with E-state index in [1.54, 1.807) is 0 Å². The van der Waals surface area contributed by atoms with Crippen LogP contribution in [0.15, 0.2) is 12.2 Å². The minimum atomic E-state index is -4.37. The topological polar surface area (TPSA) is 134 Å². The van der Waals surface area contributed by atoms with Crippen molar-refractivity contribution in [1.29, 1.82) is 0 Å². The van der Waals surface area contributed by atoms with Crippen LogP contribution in [-0.2, 0) is 32.7 Å². The Morgan fingerprint density at radius 3 is 1.36 bits per heavy atom. The molecule has 9 nitrogen and oxygen atoms in total. The summed E-state index contributed by atoms with van der Waals surface area (Å²) in [5, 5.41) is 0. The van der Waals surface area contributed by atoms with Gasteiger partial charge in [-0.1, -0.05) is 180 Å². The first-order valence-corrected chi connectivity index (χ1v) is 23.7. The number of allylic oxidation sites excluding steroid dienone is 2. The fourth-order valence-electron chi connectivity index (χ4n) is 6.34.